The van der Waals surface area contributed by atoms with Gasteiger partial charge in [-0.15, -0.1) is 0 Å². The Kier molecular flexibility index (Phi) is 4.16. The van der Waals surface area contributed by atoms with Crippen molar-refractivity contribution < 1.29 is 0 Å². The van der Waals surface area contributed by atoms with E-state index in [2.05, 4.69) is 46.6 Å². The summed E-state index contributed by atoms with van der Waals surface area (Å²) in [5, 5.41) is 7.47. The molecule has 104 valence electrons. The highest BCUT2D eigenvalue weighted by Gasteiger charge is 2.27. The second-order valence-electron chi connectivity index (χ2n) is 5.35. The predicted molar refractivity (Wildman–Crippen MR) is 84.1 cm³/mol. The van der Waals surface area contributed by atoms with Gasteiger partial charge in [0.05, 0.1) is 5.69 Å². The Bertz CT molecular complexity index is 476. The minimum atomic E-state index is 0.104. The molecule has 19 heavy (non-hydrogen) atoms. The molecule has 4 nitrogen and oxygen atoms in total. The molecular formula is C14H21BrN4. The van der Waals surface area contributed by atoms with Crippen molar-refractivity contribution in [3.63, 3.8) is 0 Å². The predicted octanol–water partition coefficient (Wildman–Crippen LogP) is 2.26. The van der Waals surface area contributed by atoms with Gasteiger partial charge in [0.25, 0.3) is 0 Å². The Balaban J connectivity index is 2.25. The Labute approximate surface area is 123 Å². The van der Waals surface area contributed by atoms with E-state index in [0.29, 0.717) is 12.1 Å². The first-order chi connectivity index (χ1) is 8.90. The summed E-state index contributed by atoms with van der Waals surface area (Å²) in [5.74, 6) is 0.104. The second-order valence-corrected chi connectivity index (χ2v) is 6.20. The van der Waals surface area contributed by atoms with Crippen LogP contribution in [0.25, 0.3) is 0 Å². The fraction of sp³-hybridized carbons (Fsp3) is 0.500. The molecule has 0 aromatic heterocycles. The monoisotopic (exact) mass is 324 g/mol. The van der Waals surface area contributed by atoms with Crippen LogP contribution in [-0.2, 0) is 0 Å². The van der Waals surface area contributed by atoms with E-state index >= 15 is 0 Å². The smallest absolute Gasteiger partial charge is 0.122 e. The molecule has 0 radical (unpaired) electrons. The second kappa shape index (κ2) is 5.51. The number of piperazine rings is 1. The van der Waals surface area contributed by atoms with Crippen molar-refractivity contribution in [2.24, 2.45) is 5.73 Å². The number of rotatable bonds is 2. The molecule has 1 aromatic carbocycles. The van der Waals surface area contributed by atoms with E-state index in [1.807, 2.05) is 18.2 Å². The van der Waals surface area contributed by atoms with Gasteiger partial charge in [0, 0.05) is 35.2 Å². The molecule has 3 N–H and O–H groups in total. The van der Waals surface area contributed by atoms with Crippen molar-refractivity contribution in [1.29, 1.82) is 5.41 Å². The average molecular weight is 325 g/mol. The Morgan fingerprint density at radius 3 is 2.37 bits per heavy atom. The van der Waals surface area contributed by atoms with E-state index in [-0.39, 0.29) is 5.84 Å². The number of nitrogens with one attached hydrogen (secondary N) is 1. The van der Waals surface area contributed by atoms with Gasteiger partial charge in [-0.05, 0) is 55.0 Å². The number of nitrogens with two attached hydrogens (primary N) is 1. The number of likely N-dealkylation sites (N-methyl/N-ethyl adjacent to an activating group) is 1. The number of halogens is 1. The van der Waals surface area contributed by atoms with Crippen LogP contribution >= 0.6 is 15.9 Å². The number of hydrogen-bond donors (Lipinski definition) is 2. The van der Waals surface area contributed by atoms with Crippen LogP contribution in [0, 0.1) is 5.41 Å². The van der Waals surface area contributed by atoms with Crippen LogP contribution in [0.4, 0.5) is 5.69 Å². The van der Waals surface area contributed by atoms with Gasteiger partial charge in [-0.25, -0.2) is 0 Å². The molecule has 1 aliphatic rings. The van der Waals surface area contributed by atoms with Gasteiger partial charge >= 0.3 is 0 Å². The minimum Gasteiger partial charge on any atom is -0.384 e. The third-order valence-electron chi connectivity index (χ3n) is 3.96. The quantitative estimate of drug-likeness (QED) is 0.648. The maximum absolute atomic E-state index is 7.47. The van der Waals surface area contributed by atoms with Crippen molar-refractivity contribution >= 4 is 27.5 Å². The van der Waals surface area contributed by atoms with Crippen LogP contribution in [0.1, 0.15) is 19.4 Å². The SMILES string of the molecule is CC1CN(c2ccc(C(=N)N)cc2Br)CC(C)N1C. The third-order valence-corrected chi connectivity index (χ3v) is 4.59. The Morgan fingerprint density at radius 2 is 1.89 bits per heavy atom. The highest BCUT2D eigenvalue weighted by Crippen LogP contribution is 2.30. The molecule has 1 aliphatic heterocycles. The molecule has 0 amide bonds. The first kappa shape index (κ1) is 14.3. The zero-order valence-corrected chi connectivity index (χ0v) is 13.2. The number of amidine groups is 1. The van der Waals surface area contributed by atoms with E-state index in [1.165, 1.54) is 5.69 Å². The third kappa shape index (κ3) is 2.92. The summed E-state index contributed by atoms with van der Waals surface area (Å²) in [7, 11) is 2.18. The van der Waals surface area contributed by atoms with Crippen molar-refractivity contribution in [3.8, 4) is 0 Å². The van der Waals surface area contributed by atoms with Crippen molar-refractivity contribution in [3.05, 3.63) is 28.2 Å². The zero-order valence-electron chi connectivity index (χ0n) is 11.7. The first-order valence-corrected chi connectivity index (χ1v) is 7.30. The zero-order chi connectivity index (χ0) is 14.2. The standard InChI is InChI=1S/C14H21BrN4/c1-9-7-19(8-10(2)18(9)3)13-5-4-11(14(16)17)6-12(13)15/h4-6,9-10H,7-8H2,1-3H3,(H3,16,17). The van der Waals surface area contributed by atoms with Crippen LogP contribution < -0.4 is 10.6 Å². The maximum Gasteiger partial charge on any atom is 0.122 e. The van der Waals surface area contributed by atoms with Gasteiger partial charge in [0.1, 0.15) is 5.84 Å². The van der Waals surface area contributed by atoms with Crippen LogP contribution in [-0.4, -0.2) is 43.0 Å². The molecule has 2 atom stereocenters. The van der Waals surface area contributed by atoms with E-state index in [0.717, 1.165) is 23.1 Å². The Morgan fingerprint density at radius 1 is 1.32 bits per heavy atom. The highest BCUT2D eigenvalue weighted by molar-refractivity contribution is 9.10. The van der Waals surface area contributed by atoms with Crippen molar-refractivity contribution in [2.75, 3.05) is 25.0 Å². The van der Waals surface area contributed by atoms with Gasteiger partial charge in [-0.3, -0.25) is 10.3 Å². The number of hydrogen-bond acceptors (Lipinski definition) is 3. The fourth-order valence-corrected chi connectivity index (χ4v) is 3.16. The Hall–Kier alpha value is -1.07. The molecule has 2 unspecified atom stereocenters. The summed E-state index contributed by atoms with van der Waals surface area (Å²) in [6.45, 7) is 6.53. The summed E-state index contributed by atoms with van der Waals surface area (Å²) in [6, 6.07) is 6.94. The molecule has 0 aliphatic carbocycles. The van der Waals surface area contributed by atoms with E-state index in [9.17, 15) is 0 Å². The molecule has 1 saturated heterocycles. The molecular weight excluding hydrogens is 304 g/mol. The van der Waals surface area contributed by atoms with E-state index in [4.69, 9.17) is 11.1 Å². The first-order valence-electron chi connectivity index (χ1n) is 6.51. The summed E-state index contributed by atoms with van der Waals surface area (Å²) >= 11 is 3.60. The van der Waals surface area contributed by atoms with Crippen LogP contribution in [0.2, 0.25) is 0 Å². The normalized spacial score (nSPS) is 24.5. The minimum absolute atomic E-state index is 0.104. The van der Waals surface area contributed by atoms with Gasteiger partial charge in [-0.1, -0.05) is 0 Å². The molecule has 5 heteroatoms. The summed E-state index contributed by atoms with van der Waals surface area (Å²) in [4.78, 5) is 4.80. The largest absolute Gasteiger partial charge is 0.384 e. The van der Waals surface area contributed by atoms with Gasteiger partial charge in [-0.2, -0.15) is 0 Å². The lowest BCUT2D eigenvalue weighted by Gasteiger charge is -2.43. The van der Waals surface area contributed by atoms with E-state index in [1.54, 1.807) is 0 Å². The molecule has 2 rings (SSSR count). The highest BCUT2D eigenvalue weighted by atomic mass is 79.9. The molecule has 0 saturated carbocycles. The van der Waals surface area contributed by atoms with Crippen LogP contribution in [0.3, 0.4) is 0 Å². The van der Waals surface area contributed by atoms with Crippen molar-refractivity contribution in [2.45, 2.75) is 25.9 Å². The van der Waals surface area contributed by atoms with Crippen LogP contribution in [0.5, 0.6) is 0 Å². The van der Waals surface area contributed by atoms with E-state index < -0.39 is 0 Å². The lowest BCUT2D eigenvalue weighted by molar-refractivity contribution is 0.170. The number of anilines is 1. The number of nitrogens with zero attached hydrogens (tertiary/aromatic N) is 2. The maximum atomic E-state index is 7.47. The lowest BCUT2D eigenvalue weighted by atomic mass is 10.1. The van der Waals surface area contributed by atoms with Gasteiger partial charge in [0.2, 0.25) is 0 Å². The van der Waals surface area contributed by atoms with Crippen molar-refractivity contribution in [1.82, 2.24) is 4.90 Å². The lowest BCUT2D eigenvalue weighted by Crippen LogP contribution is -2.55. The molecule has 1 fully saturated rings. The van der Waals surface area contributed by atoms with Gasteiger partial charge < -0.3 is 10.6 Å². The molecule has 0 bridgehead atoms. The average Bonchev–Trinajstić information content (AvgIpc) is 2.35. The van der Waals surface area contributed by atoms with Gasteiger partial charge in [0.15, 0.2) is 0 Å². The fourth-order valence-electron chi connectivity index (χ4n) is 2.53. The number of nitrogen functional groups attached to an aromatic ring is 1. The summed E-state index contributed by atoms with van der Waals surface area (Å²) < 4.78 is 1.00. The molecule has 1 heterocycles. The topological polar surface area (TPSA) is 56.4 Å². The number of benzene rings is 1. The molecule has 0 spiro atoms. The summed E-state index contributed by atoms with van der Waals surface area (Å²) in [5.41, 5.74) is 7.45. The van der Waals surface area contributed by atoms with Crippen LogP contribution in [0.15, 0.2) is 22.7 Å². The molecule has 1 aromatic rings. The summed E-state index contributed by atoms with van der Waals surface area (Å²) in [6.07, 6.45) is 0.